The van der Waals surface area contributed by atoms with Crippen molar-refractivity contribution in [1.29, 1.82) is 0 Å². The quantitative estimate of drug-likeness (QED) is 0.687. The van der Waals surface area contributed by atoms with Crippen molar-refractivity contribution >= 4 is 21.6 Å². The summed E-state index contributed by atoms with van der Waals surface area (Å²) in [6, 6.07) is 11.1. The highest BCUT2D eigenvalue weighted by molar-refractivity contribution is 7.92. The molecule has 168 valence electrons. The van der Waals surface area contributed by atoms with E-state index >= 15 is 0 Å². The Morgan fingerprint density at radius 2 is 1.58 bits per heavy atom. The third-order valence-corrected chi connectivity index (χ3v) is 7.31. The lowest BCUT2D eigenvalue weighted by Crippen LogP contribution is -2.44. The molecule has 2 aromatic carbocycles. The van der Waals surface area contributed by atoms with Crippen LogP contribution in [0.2, 0.25) is 0 Å². The molecule has 1 N–H and O–H groups in total. The van der Waals surface area contributed by atoms with Crippen LogP contribution in [0.25, 0.3) is 0 Å². The summed E-state index contributed by atoms with van der Waals surface area (Å²) in [4.78, 5) is 12.9. The first-order chi connectivity index (χ1) is 14.9. The number of anilines is 1. The molecule has 0 bridgehead atoms. The third-order valence-electron chi connectivity index (χ3n) is 5.52. The predicted molar refractivity (Wildman–Crippen MR) is 118 cm³/mol. The van der Waals surface area contributed by atoms with E-state index in [2.05, 4.69) is 5.32 Å². The van der Waals surface area contributed by atoms with Gasteiger partial charge in [-0.25, -0.2) is 12.8 Å². The van der Waals surface area contributed by atoms with Crippen molar-refractivity contribution in [2.75, 3.05) is 18.0 Å². The molecular weight excluding hydrogens is 419 g/mol. The molecule has 0 unspecified atom stereocenters. The average molecular weight is 449 g/mol. The van der Waals surface area contributed by atoms with E-state index in [1.165, 1.54) is 49.9 Å². The van der Waals surface area contributed by atoms with Gasteiger partial charge in [-0.3, -0.25) is 9.10 Å². The molecule has 0 spiro atoms. The Labute approximate surface area is 183 Å². The molecule has 1 aliphatic rings. The van der Waals surface area contributed by atoms with Crippen LogP contribution in [-0.4, -0.2) is 34.0 Å². The second kappa shape index (κ2) is 10.6. The van der Waals surface area contributed by atoms with Crippen molar-refractivity contribution in [3.63, 3.8) is 0 Å². The average Bonchev–Trinajstić information content (AvgIpc) is 2.74. The molecule has 0 heterocycles. The molecule has 1 saturated carbocycles. The standard InChI is InChI=1S/C23H29FN2O4S/c1-30-21-13-15-22(16-14-21)31(28,29)26(20-11-9-18(24)10-12-20)17-23(27)25-19-7-5-3-2-4-6-8-19/h9-16,19H,2-8,17H2,1H3,(H,25,27). The molecule has 0 aromatic heterocycles. The fraction of sp³-hybridized carbons (Fsp3) is 0.435. The third kappa shape index (κ3) is 6.19. The maximum Gasteiger partial charge on any atom is 0.264 e. The summed E-state index contributed by atoms with van der Waals surface area (Å²) in [6.45, 7) is -0.378. The number of ether oxygens (including phenoxy) is 1. The van der Waals surface area contributed by atoms with Crippen molar-refractivity contribution < 1.29 is 22.3 Å². The van der Waals surface area contributed by atoms with E-state index < -0.39 is 15.8 Å². The van der Waals surface area contributed by atoms with Crippen molar-refractivity contribution in [2.45, 2.75) is 55.9 Å². The van der Waals surface area contributed by atoms with Crippen LogP contribution in [0.15, 0.2) is 53.4 Å². The number of nitrogens with one attached hydrogen (secondary N) is 1. The lowest BCUT2D eigenvalue weighted by molar-refractivity contribution is -0.120. The summed E-state index contributed by atoms with van der Waals surface area (Å²) in [5.41, 5.74) is 0.227. The van der Waals surface area contributed by atoms with Gasteiger partial charge in [-0.05, 0) is 61.4 Å². The lowest BCUT2D eigenvalue weighted by atomic mass is 9.97. The molecule has 2 aromatic rings. The van der Waals surface area contributed by atoms with Gasteiger partial charge >= 0.3 is 0 Å². The number of benzene rings is 2. The first kappa shape index (κ1) is 23.1. The second-order valence-electron chi connectivity index (χ2n) is 7.77. The van der Waals surface area contributed by atoms with Gasteiger partial charge in [0.1, 0.15) is 18.1 Å². The minimum absolute atomic E-state index is 0.0244. The molecule has 3 rings (SSSR count). The number of methoxy groups -OCH3 is 1. The number of rotatable bonds is 7. The van der Waals surface area contributed by atoms with E-state index in [-0.39, 0.29) is 29.1 Å². The summed E-state index contributed by atoms with van der Waals surface area (Å²) in [7, 11) is -2.55. The fourth-order valence-electron chi connectivity index (χ4n) is 3.80. The van der Waals surface area contributed by atoms with Gasteiger partial charge < -0.3 is 10.1 Å². The van der Waals surface area contributed by atoms with Crippen LogP contribution in [0.3, 0.4) is 0 Å². The maximum atomic E-state index is 13.4. The number of carbonyl (C=O) groups is 1. The molecule has 0 aliphatic heterocycles. The Morgan fingerprint density at radius 1 is 1.00 bits per heavy atom. The summed E-state index contributed by atoms with van der Waals surface area (Å²) in [5.74, 6) is -0.328. The van der Waals surface area contributed by atoms with Gasteiger partial charge in [-0.2, -0.15) is 0 Å². The Morgan fingerprint density at radius 3 is 2.16 bits per heavy atom. The maximum absolute atomic E-state index is 13.4. The first-order valence-electron chi connectivity index (χ1n) is 10.6. The molecule has 1 aliphatic carbocycles. The molecule has 1 fully saturated rings. The predicted octanol–water partition coefficient (Wildman–Crippen LogP) is 4.26. The van der Waals surface area contributed by atoms with Crippen LogP contribution in [0, 0.1) is 5.82 Å². The minimum atomic E-state index is -4.05. The Kier molecular flexibility index (Phi) is 7.90. The van der Waals surface area contributed by atoms with Gasteiger partial charge in [-0.1, -0.05) is 32.1 Å². The highest BCUT2D eigenvalue weighted by Crippen LogP contribution is 2.25. The highest BCUT2D eigenvalue weighted by Gasteiger charge is 2.28. The first-order valence-corrected chi connectivity index (χ1v) is 12.1. The van der Waals surface area contributed by atoms with Gasteiger partial charge in [0.2, 0.25) is 5.91 Å². The minimum Gasteiger partial charge on any atom is -0.497 e. The number of nitrogens with zero attached hydrogens (tertiary/aromatic N) is 1. The monoisotopic (exact) mass is 448 g/mol. The van der Waals surface area contributed by atoms with Crippen LogP contribution in [0.5, 0.6) is 5.75 Å². The number of sulfonamides is 1. The van der Waals surface area contributed by atoms with Crippen LogP contribution < -0.4 is 14.4 Å². The summed E-state index contributed by atoms with van der Waals surface area (Å²) in [5, 5.41) is 3.00. The SMILES string of the molecule is COc1ccc(S(=O)(=O)N(CC(=O)NC2CCCCCCC2)c2ccc(F)cc2)cc1. The Bertz CT molecular complexity index is 954. The van der Waals surface area contributed by atoms with E-state index in [0.29, 0.717) is 5.75 Å². The van der Waals surface area contributed by atoms with Crippen molar-refractivity contribution in [2.24, 2.45) is 0 Å². The highest BCUT2D eigenvalue weighted by atomic mass is 32.2. The molecule has 0 saturated heterocycles. The zero-order valence-electron chi connectivity index (χ0n) is 17.7. The lowest BCUT2D eigenvalue weighted by Gasteiger charge is -2.26. The van der Waals surface area contributed by atoms with Crippen LogP contribution in [0.4, 0.5) is 10.1 Å². The smallest absolute Gasteiger partial charge is 0.264 e. The second-order valence-corrected chi connectivity index (χ2v) is 9.64. The van der Waals surface area contributed by atoms with Crippen molar-refractivity contribution in [3.05, 3.63) is 54.3 Å². The zero-order valence-corrected chi connectivity index (χ0v) is 18.5. The Balaban J connectivity index is 1.83. The number of hydrogen-bond acceptors (Lipinski definition) is 4. The summed E-state index contributed by atoms with van der Waals surface area (Å²) < 4.78 is 46.3. The molecule has 6 nitrogen and oxygen atoms in total. The van der Waals surface area contributed by atoms with E-state index in [9.17, 15) is 17.6 Å². The summed E-state index contributed by atoms with van der Waals surface area (Å²) >= 11 is 0. The Hall–Kier alpha value is -2.61. The molecule has 0 radical (unpaired) electrons. The van der Waals surface area contributed by atoms with Crippen LogP contribution >= 0.6 is 0 Å². The van der Waals surface area contributed by atoms with E-state index in [1.54, 1.807) is 12.1 Å². The molecule has 31 heavy (non-hydrogen) atoms. The van der Waals surface area contributed by atoms with Gasteiger partial charge in [0.15, 0.2) is 0 Å². The van der Waals surface area contributed by atoms with Gasteiger partial charge in [0, 0.05) is 6.04 Å². The number of amides is 1. The fourth-order valence-corrected chi connectivity index (χ4v) is 5.22. The number of carbonyl (C=O) groups excluding carboxylic acids is 1. The van der Waals surface area contributed by atoms with Gasteiger partial charge in [0.05, 0.1) is 17.7 Å². The molecule has 8 heteroatoms. The topological polar surface area (TPSA) is 75.7 Å². The number of hydrogen-bond donors (Lipinski definition) is 1. The van der Waals surface area contributed by atoms with Gasteiger partial charge in [-0.15, -0.1) is 0 Å². The molecule has 0 atom stereocenters. The van der Waals surface area contributed by atoms with E-state index in [0.717, 1.165) is 42.8 Å². The largest absolute Gasteiger partial charge is 0.497 e. The van der Waals surface area contributed by atoms with E-state index in [1.807, 2.05) is 0 Å². The van der Waals surface area contributed by atoms with Crippen LogP contribution in [-0.2, 0) is 14.8 Å². The molecule has 1 amide bonds. The van der Waals surface area contributed by atoms with Crippen LogP contribution in [0.1, 0.15) is 44.9 Å². The van der Waals surface area contributed by atoms with Gasteiger partial charge in [0.25, 0.3) is 10.0 Å². The normalized spacial score (nSPS) is 15.5. The zero-order chi connectivity index (χ0) is 22.3. The van der Waals surface area contributed by atoms with Crippen molar-refractivity contribution in [1.82, 2.24) is 5.32 Å². The number of halogens is 1. The molecular formula is C23H29FN2O4S. The van der Waals surface area contributed by atoms with Crippen molar-refractivity contribution in [3.8, 4) is 5.75 Å². The van der Waals surface area contributed by atoms with E-state index in [4.69, 9.17) is 4.74 Å². The summed E-state index contributed by atoms with van der Waals surface area (Å²) in [6.07, 6.45) is 7.42.